The summed E-state index contributed by atoms with van der Waals surface area (Å²) in [6.45, 7) is 2.48. The van der Waals surface area contributed by atoms with E-state index in [-0.39, 0.29) is 30.7 Å². The van der Waals surface area contributed by atoms with E-state index in [1.807, 2.05) is 0 Å². The van der Waals surface area contributed by atoms with Crippen molar-refractivity contribution in [1.82, 2.24) is 4.90 Å². The average Bonchev–Trinajstić information content (AvgIpc) is 2.43. The molecule has 2 unspecified atom stereocenters. The van der Waals surface area contributed by atoms with Crippen molar-refractivity contribution in [1.29, 1.82) is 0 Å². The molecule has 0 aliphatic carbocycles. The normalized spacial score (nSPS) is 24.5. The van der Waals surface area contributed by atoms with E-state index < -0.39 is 11.6 Å². The van der Waals surface area contributed by atoms with Crippen molar-refractivity contribution < 1.29 is 24.2 Å². The van der Waals surface area contributed by atoms with Gasteiger partial charge >= 0.3 is 5.97 Å². The van der Waals surface area contributed by atoms with Gasteiger partial charge in [-0.1, -0.05) is 6.92 Å². The molecule has 16 heavy (non-hydrogen) atoms. The second-order valence-electron chi connectivity index (χ2n) is 4.19. The Bertz CT molecular complexity index is 336. The van der Waals surface area contributed by atoms with Gasteiger partial charge in [0.05, 0.1) is 13.7 Å². The predicted molar refractivity (Wildman–Crippen MR) is 53.1 cm³/mol. The molecular formula is C10H15NO5. The summed E-state index contributed by atoms with van der Waals surface area (Å²) in [5, 5.41) is 9.74. The lowest BCUT2D eigenvalue weighted by Crippen LogP contribution is -2.49. The van der Waals surface area contributed by atoms with Crippen LogP contribution in [0.2, 0.25) is 0 Å². The number of rotatable bonds is 3. The lowest BCUT2D eigenvalue weighted by molar-refractivity contribution is -0.164. The highest BCUT2D eigenvalue weighted by molar-refractivity contribution is 6.03. The van der Waals surface area contributed by atoms with Gasteiger partial charge in [-0.3, -0.25) is 14.5 Å². The zero-order chi connectivity index (χ0) is 12.5. The Hall–Kier alpha value is -1.43. The lowest BCUT2D eigenvalue weighted by atomic mass is 10.1. The number of nitrogens with zero attached hydrogens (tertiary/aromatic N) is 1. The summed E-state index contributed by atoms with van der Waals surface area (Å²) < 4.78 is 4.38. The Morgan fingerprint density at radius 3 is 2.56 bits per heavy atom. The molecule has 2 atom stereocenters. The maximum atomic E-state index is 11.5. The SMILES string of the molecule is COC(=O)C(C)(O)CN1C(=O)CC(C)C1=O. The molecule has 90 valence electrons. The molecule has 1 heterocycles. The second kappa shape index (κ2) is 4.21. The number of amides is 2. The zero-order valence-electron chi connectivity index (χ0n) is 9.52. The highest BCUT2D eigenvalue weighted by Gasteiger charge is 2.42. The van der Waals surface area contributed by atoms with Crippen LogP contribution in [0.1, 0.15) is 20.3 Å². The third kappa shape index (κ3) is 2.21. The fourth-order valence-corrected chi connectivity index (χ4v) is 1.61. The van der Waals surface area contributed by atoms with Crippen LogP contribution < -0.4 is 0 Å². The van der Waals surface area contributed by atoms with Gasteiger partial charge in [0, 0.05) is 12.3 Å². The molecular weight excluding hydrogens is 214 g/mol. The largest absolute Gasteiger partial charge is 0.467 e. The summed E-state index contributed by atoms with van der Waals surface area (Å²) in [5.41, 5.74) is -1.86. The fourth-order valence-electron chi connectivity index (χ4n) is 1.61. The predicted octanol–water partition coefficient (Wildman–Crippen LogP) is -0.695. The topological polar surface area (TPSA) is 83.9 Å². The van der Waals surface area contributed by atoms with E-state index in [9.17, 15) is 19.5 Å². The maximum Gasteiger partial charge on any atom is 0.339 e. The first-order valence-corrected chi connectivity index (χ1v) is 4.94. The Balaban J connectivity index is 2.78. The average molecular weight is 229 g/mol. The summed E-state index contributed by atoms with van der Waals surface area (Å²) >= 11 is 0. The number of imide groups is 1. The van der Waals surface area contributed by atoms with Gasteiger partial charge in [-0.15, -0.1) is 0 Å². The summed E-state index contributed by atoms with van der Waals surface area (Å²) in [6.07, 6.45) is 0.121. The molecule has 1 N–H and O–H groups in total. The zero-order valence-corrected chi connectivity index (χ0v) is 9.52. The number of β-amino-alcohol motifs (C(OH)–C–C–N with tert-alkyl or cyclic N) is 1. The van der Waals surface area contributed by atoms with Crippen LogP contribution in [0.15, 0.2) is 0 Å². The third-order valence-corrected chi connectivity index (χ3v) is 2.56. The first-order valence-electron chi connectivity index (χ1n) is 4.94. The van der Waals surface area contributed by atoms with Gasteiger partial charge in [-0.05, 0) is 6.92 Å². The van der Waals surface area contributed by atoms with E-state index in [4.69, 9.17) is 0 Å². The number of carbonyl (C=O) groups is 3. The van der Waals surface area contributed by atoms with Gasteiger partial charge in [0.15, 0.2) is 5.60 Å². The molecule has 0 radical (unpaired) electrons. The maximum absolute atomic E-state index is 11.5. The van der Waals surface area contributed by atoms with E-state index in [1.165, 1.54) is 6.92 Å². The molecule has 1 rings (SSSR count). The number of ether oxygens (including phenoxy) is 1. The monoisotopic (exact) mass is 229 g/mol. The summed E-state index contributed by atoms with van der Waals surface area (Å²) in [4.78, 5) is 35.1. The van der Waals surface area contributed by atoms with Crippen LogP contribution in [0.25, 0.3) is 0 Å². The van der Waals surface area contributed by atoms with Crippen LogP contribution in [0.4, 0.5) is 0 Å². The Kier molecular flexibility index (Phi) is 3.32. The first-order chi connectivity index (χ1) is 7.29. The van der Waals surface area contributed by atoms with Crippen LogP contribution in [-0.2, 0) is 19.1 Å². The van der Waals surface area contributed by atoms with E-state index >= 15 is 0 Å². The van der Waals surface area contributed by atoms with Gasteiger partial charge in [0.25, 0.3) is 0 Å². The number of likely N-dealkylation sites (tertiary alicyclic amines) is 1. The number of hydrogen-bond acceptors (Lipinski definition) is 5. The third-order valence-electron chi connectivity index (χ3n) is 2.56. The molecule has 0 bridgehead atoms. The molecule has 1 fully saturated rings. The molecule has 0 saturated carbocycles. The van der Waals surface area contributed by atoms with Crippen molar-refractivity contribution in [2.24, 2.45) is 5.92 Å². The van der Waals surface area contributed by atoms with E-state index in [2.05, 4.69) is 4.74 Å². The number of methoxy groups -OCH3 is 1. The molecule has 6 nitrogen and oxygen atoms in total. The quantitative estimate of drug-likeness (QED) is 0.511. The molecule has 6 heteroatoms. The van der Waals surface area contributed by atoms with E-state index in [0.29, 0.717) is 0 Å². The van der Waals surface area contributed by atoms with Crippen molar-refractivity contribution >= 4 is 17.8 Å². The first kappa shape index (κ1) is 12.6. The van der Waals surface area contributed by atoms with Gasteiger partial charge in [0.2, 0.25) is 11.8 Å². The van der Waals surface area contributed by atoms with Gasteiger partial charge in [-0.2, -0.15) is 0 Å². The second-order valence-corrected chi connectivity index (χ2v) is 4.19. The van der Waals surface area contributed by atoms with Crippen LogP contribution in [0.5, 0.6) is 0 Å². The summed E-state index contributed by atoms with van der Waals surface area (Å²) in [5.74, 6) is -2.00. The standard InChI is InChI=1S/C10H15NO5/c1-6-4-7(12)11(8(6)13)5-10(2,15)9(14)16-3/h6,15H,4-5H2,1-3H3. The minimum atomic E-state index is -1.86. The summed E-state index contributed by atoms with van der Waals surface area (Å²) in [6, 6.07) is 0. The number of hydrogen-bond donors (Lipinski definition) is 1. The highest BCUT2D eigenvalue weighted by atomic mass is 16.5. The van der Waals surface area contributed by atoms with Crippen molar-refractivity contribution in [2.75, 3.05) is 13.7 Å². The fraction of sp³-hybridized carbons (Fsp3) is 0.700. The lowest BCUT2D eigenvalue weighted by Gasteiger charge is -2.25. The van der Waals surface area contributed by atoms with Crippen molar-refractivity contribution in [2.45, 2.75) is 25.9 Å². The molecule has 1 aliphatic rings. The van der Waals surface area contributed by atoms with Crippen LogP contribution in [0.3, 0.4) is 0 Å². The molecule has 0 spiro atoms. The van der Waals surface area contributed by atoms with Crippen molar-refractivity contribution in [3.05, 3.63) is 0 Å². The molecule has 0 aromatic rings. The Morgan fingerprint density at radius 1 is 1.62 bits per heavy atom. The summed E-state index contributed by atoms with van der Waals surface area (Å²) in [7, 11) is 1.13. The van der Waals surface area contributed by atoms with Gasteiger partial charge < -0.3 is 9.84 Å². The van der Waals surface area contributed by atoms with Crippen molar-refractivity contribution in [3.8, 4) is 0 Å². The van der Waals surface area contributed by atoms with Crippen molar-refractivity contribution in [3.63, 3.8) is 0 Å². The van der Waals surface area contributed by atoms with Gasteiger partial charge in [0.1, 0.15) is 0 Å². The Morgan fingerprint density at radius 2 is 2.19 bits per heavy atom. The molecule has 2 amide bonds. The van der Waals surface area contributed by atoms with E-state index in [0.717, 1.165) is 12.0 Å². The smallest absolute Gasteiger partial charge is 0.339 e. The molecule has 1 saturated heterocycles. The number of carbonyl (C=O) groups excluding carboxylic acids is 3. The molecule has 0 aromatic carbocycles. The minimum Gasteiger partial charge on any atom is -0.467 e. The van der Waals surface area contributed by atoms with Crippen LogP contribution >= 0.6 is 0 Å². The number of esters is 1. The van der Waals surface area contributed by atoms with Gasteiger partial charge in [-0.25, -0.2) is 4.79 Å². The van der Waals surface area contributed by atoms with Crippen LogP contribution in [-0.4, -0.2) is 47.0 Å². The highest BCUT2D eigenvalue weighted by Crippen LogP contribution is 2.21. The Labute approximate surface area is 93.2 Å². The minimum absolute atomic E-state index is 0.121. The molecule has 0 aromatic heterocycles. The van der Waals surface area contributed by atoms with E-state index in [1.54, 1.807) is 6.92 Å². The number of aliphatic hydroxyl groups is 1. The van der Waals surface area contributed by atoms with Crippen LogP contribution in [0, 0.1) is 5.92 Å². The molecule has 1 aliphatic heterocycles.